The van der Waals surface area contributed by atoms with Gasteiger partial charge in [0.15, 0.2) is 0 Å². The molecule has 0 spiro atoms. The lowest BCUT2D eigenvalue weighted by atomic mass is 9.74. The zero-order valence-corrected chi connectivity index (χ0v) is 15.5. The number of carbonyl (C=O) groups excluding carboxylic acids is 1. The summed E-state index contributed by atoms with van der Waals surface area (Å²) >= 11 is 0. The minimum atomic E-state index is -0.991. The van der Waals surface area contributed by atoms with Gasteiger partial charge in [-0.05, 0) is 31.4 Å². The number of carbonyl (C=O) groups is 2. The zero-order valence-electron chi connectivity index (χ0n) is 15.5. The summed E-state index contributed by atoms with van der Waals surface area (Å²) in [6.45, 7) is 2.60. The Balaban J connectivity index is 1.61. The van der Waals surface area contributed by atoms with Crippen molar-refractivity contribution in [1.29, 1.82) is 0 Å². The summed E-state index contributed by atoms with van der Waals surface area (Å²) in [6.07, 6.45) is 2.35. The molecule has 1 amide bonds. The summed E-state index contributed by atoms with van der Waals surface area (Å²) in [6, 6.07) is 4.56. The highest BCUT2D eigenvalue weighted by Gasteiger charge is 2.55. The number of benzene rings is 1. The van der Waals surface area contributed by atoms with Crippen LogP contribution in [-0.4, -0.2) is 66.2 Å². The molecule has 1 aromatic rings. The van der Waals surface area contributed by atoms with Gasteiger partial charge in [-0.1, -0.05) is 0 Å². The molecule has 0 bridgehead atoms. The molecule has 9 heteroatoms. The molecule has 0 aromatic heterocycles. The van der Waals surface area contributed by atoms with Crippen LogP contribution in [0.25, 0.3) is 0 Å². The fraction of sp³-hybridized carbons (Fsp3) is 0.579. The van der Waals surface area contributed by atoms with Gasteiger partial charge in [0.25, 0.3) is 11.6 Å². The number of likely N-dealkylation sites (tertiary alicyclic amines) is 1. The highest BCUT2D eigenvalue weighted by Crippen LogP contribution is 2.43. The Morgan fingerprint density at radius 1 is 1.29 bits per heavy atom. The van der Waals surface area contributed by atoms with E-state index in [-0.39, 0.29) is 36.2 Å². The van der Waals surface area contributed by atoms with Gasteiger partial charge in [-0.2, -0.15) is 0 Å². The summed E-state index contributed by atoms with van der Waals surface area (Å²) in [7, 11) is 0. The quantitative estimate of drug-likeness (QED) is 0.616. The summed E-state index contributed by atoms with van der Waals surface area (Å²) in [4.78, 5) is 39.5. The molecule has 28 heavy (non-hydrogen) atoms. The number of hydrogen-bond donors (Lipinski definition) is 1. The minimum Gasteiger partial charge on any atom is -0.481 e. The molecule has 1 aromatic carbocycles. The maximum absolute atomic E-state index is 13.0. The SMILES string of the molecule is O=C(c1ccc(N2CCCC2)c([N+](=O)[O-])c1)N1C[C@H]2COCC[C@@]2(C(=O)O)C1. The van der Waals surface area contributed by atoms with Gasteiger partial charge >= 0.3 is 5.97 Å². The van der Waals surface area contributed by atoms with E-state index in [0.717, 1.165) is 25.9 Å². The fourth-order valence-electron chi connectivity index (χ4n) is 4.66. The van der Waals surface area contributed by atoms with Crippen LogP contribution in [0.1, 0.15) is 29.6 Å². The number of carboxylic acid groups (broad SMARTS) is 1. The maximum atomic E-state index is 13.0. The van der Waals surface area contributed by atoms with Gasteiger partial charge in [-0.3, -0.25) is 19.7 Å². The van der Waals surface area contributed by atoms with Crippen LogP contribution >= 0.6 is 0 Å². The Hall–Kier alpha value is -2.68. The fourth-order valence-corrected chi connectivity index (χ4v) is 4.66. The van der Waals surface area contributed by atoms with Crippen LogP contribution in [0, 0.1) is 21.4 Å². The second-order valence-electron chi connectivity index (χ2n) is 7.82. The van der Waals surface area contributed by atoms with Crippen molar-refractivity contribution >= 4 is 23.3 Å². The van der Waals surface area contributed by atoms with Crippen LogP contribution in [-0.2, 0) is 9.53 Å². The second kappa shape index (κ2) is 7.05. The first-order valence-electron chi connectivity index (χ1n) is 9.56. The molecule has 0 aliphatic carbocycles. The van der Waals surface area contributed by atoms with E-state index in [1.165, 1.54) is 11.0 Å². The Morgan fingerprint density at radius 3 is 2.68 bits per heavy atom. The highest BCUT2D eigenvalue weighted by molar-refractivity contribution is 5.96. The van der Waals surface area contributed by atoms with Crippen LogP contribution in [0.5, 0.6) is 0 Å². The zero-order chi connectivity index (χ0) is 19.9. The van der Waals surface area contributed by atoms with Gasteiger partial charge in [0.2, 0.25) is 0 Å². The van der Waals surface area contributed by atoms with Gasteiger partial charge in [0, 0.05) is 50.3 Å². The number of hydrogen-bond acceptors (Lipinski definition) is 6. The molecular formula is C19H23N3O6. The average molecular weight is 389 g/mol. The smallest absolute Gasteiger partial charge is 0.311 e. The molecule has 0 saturated carbocycles. The molecule has 3 saturated heterocycles. The summed E-state index contributed by atoms with van der Waals surface area (Å²) in [5, 5.41) is 21.3. The van der Waals surface area contributed by atoms with E-state index >= 15 is 0 Å². The van der Waals surface area contributed by atoms with Crippen molar-refractivity contribution in [2.24, 2.45) is 11.3 Å². The molecule has 0 radical (unpaired) electrons. The van der Waals surface area contributed by atoms with Gasteiger partial charge in [-0.25, -0.2) is 0 Å². The van der Waals surface area contributed by atoms with Crippen molar-refractivity contribution in [1.82, 2.24) is 4.90 Å². The number of nitro groups is 1. The standard InChI is InChI=1S/C19H23N3O6/c23-17(21-10-14-11-28-8-5-19(14,12-21)18(24)25)13-3-4-15(16(9-13)22(26)27)20-6-1-2-7-20/h3-4,9,14H,1-2,5-8,10-12H2,(H,24,25)/t14-,19+/m0/s1. The number of fused-ring (bicyclic) bond motifs is 1. The molecule has 0 unspecified atom stereocenters. The van der Waals surface area contributed by atoms with Crippen LogP contribution in [0.3, 0.4) is 0 Å². The lowest BCUT2D eigenvalue weighted by Crippen LogP contribution is -2.45. The van der Waals surface area contributed by atoms with Crippen molar-refractivity contribution in [2.75, 3.05) is 44.3 Å². The van der Waals surface area contributed by atoms with Crippen molar-refractivity contribution < 1.29 is 24.4 Å². The Bertz CT molecular complexity index is 822. The third-order valence-corrected chi connectivity index (χ3v) is 6.29. The van der Waals surface area contributed by atoms with Gasteiger partial charge < -0.3 is 19.6 Å². The Morgan fingerprint density at radius 2 is 2.04 bits per heavy atom. The Labute approximate surface area is 162 Å². The summed E-state index contributed by atoms with van der Waals surface area (Å²) in [5.74, 6) is -1.54. The van der Waals surface area contributed by atoms with Crippen LogP contribution in [0.4, 0.5) is 11.4 Å². The molecule has 2 atom stereocenters. The van der Waals surface area contributed by atoms with Crippen molar-refractivity contribution in [3.05, 3.63) is 33.9 Å². The number of nitrogens with zero attached hydrogens (tertiary/aromatic N) is 3. The van der Waals surface area contributed by atoms with Crippen LogP contribution in [0.15, 0.2) is 18.2 Å². The second-order valence-corrected chi connectivity index (χ2v) is 7.82. The number of amides is 1. The molecule has 9 nitrogen and oxygen atoms in total. The molecule has 3 fully saturated rings. The lowest BCUT2D eigenvalue weighted by Gasteiger charge is -2.33. The van der Waals surface area contributed by atoms with E-state index in [0.29, 0.717) is 25.3 Å². The first kappa shape index (κ1) is 18.7. The molecule has 150 valence electrons. The van der Waals surface area contributed by atoms with E-state index in [1.807, 2.05) is 4.90 Å². The molecular weight excluding hydrogens is 366 g/mol. The highest BCUT2D eigenvalue weighted by atomic mass is 16.6. The largest absolute Gasteiger partial charge is 0.481 e. The maximum Gasteiger partial charge on any atom is 0.311 e. The third-order valence-electron chi connectivity index (χ3n) is 6.29. The number of aliphatic carboxylic acids is 1. The topological polar surface area (TPSA) is 113 Å². The van der Waals surface area contributed by atoms with Crippen LogP contribution < -0.4 is 4.90 Å². The van der Waals surface area contributed by atoms with E-state index in [1.54, 1.807) is 12.1 Å². The van der Waals surface area contributed by atoms with Crippen molar-refractivity contribution in [3.8, 4) is 0 Å². The number of carboxylic acids is 1. The first-order valence-corrected chi connectivity index (χ1v) is 9.56. The summed E-state index contributed by atoms with van der Waals surface area (Å²) < 4.78 is 5.42. The molecule has 1 N–H and O–H groups in total. The van der Waals surface area contributed by atoms with Gasteiger partial charge in [-0.15, -0.1) is 0 Å². The summed E-state index contributed by atoms with van der Waals surface area (Å²) in [5.41, 5.74) is -0.324. The monoisotopic (exact) mass is 389 g/mol. The number of nitro benzene ring substituents is 1. The van der Waals surface area contributed by atoms with E-state index in [4.69, 9.17) is 4.74 Å². The molecule has 3 aliphatic heterocycles. The van der Waals surface area contributed by atoms with E-state index in [9.17, 15) is 24.8 Å². The molecule has 4 rings (SSSR count). The number of anilines is 1. The van der Waals surface area contributed by atoms with Gasteiger partial charge in [0.1, 0.15) is 5.69 Å². The number of ether oxygens (including phenoxy) is 1. The van der Waals surface area contributed by atoms with Crippen LogP contribution in [0.2, 0.25) is 0 Å². The van der Waals surface area contributed by atoms with Crippen molar-refractivity contribution in [2.45, 2.75) is 19.3 Å². The van der Waals surface area contributed by atoms with E-state index in [2.05, 4.69) is 0 Å². The predicted octanol–water partition coefficient (Wildman–Crippen LogP) is 1.76. The normalized spacial score (nSPS) is 26.9. The number of rotatable bonds is 4. The first-order chi connectivity index (χ1) is 13.4. The van der Waals surface area contributed by atoms with E-state index < -0.39 is 16.3 Å². The minimum absolute atomic E-state index is 0.0827. The molecule has 3 heterocycles. The Kier molecular flexibility index (Phi) is 4.70. The predicted molar refractivity (Wildman–Crippen MR) is 99.4 cm³/mol. The van der Waals surface area contributed by atoms with Gasteiger partial charge in [0.05, 0.1) is 16.9 Å². The lowest BCUT2D eigenvalue weighted by molar-refractivity contribution is -0.384. The molecule has 3 aliphatic rings. The average Bonchev–Trinajstić information content (AvgIpc) is 3.35. The third kappa shape index (κ3) is 2.99. The van der Waals surface area contributed by atoms with Crippen molar-refractivity contribution in [3.63, 3.8) is 0 Å².